The van der Waals surface area contributed by atoms with Gasteiger partial charge in [0.15, 0.2) is 0 Å². The largest absolute Gasteiger partial charge is 0.382 e. The van der Waals surface area contributed by atoms with Gasteiger partial charge in [0.25, 0.3) is 5.56 Å². The van der Waals surface area contributed by atoms with E-state index in [4.69, 9.17) is 5.73 Å². The molecule has 3 heterocycles. The van der Waals surface area contributed by atoms with Gasteiger partial charge < -0.3 is 16.0 Å². The Morgan fingerprint density at radius 3 is 2.64 bits per heavy atom. The van der Waals surface area contributed by atoms with Crippen molar-refractivity contribution in [2.75, 3.05) is 17.6 Å². The number of anilines is 2. The second-order valence-electron chi connectivity index (χ2n) is 7.65. The molecule has 0 aliphatic carbocycles. The topological polar surface area (TPSA) is 138 Å². The molecule has 0 aliphatic rings. The van der Waals surface area contributed by atoms with E-state index in [1.807, 2.05) is 49.4 Å². The van der Waals surface area contributed by atoms with Crippen LogP contribution >= 0.6 is 0 Å². The molecule has 0 unspecified atom stereocenters. The number of nitrogens with two attached hydrogens (primary N) is 1. The van der Waals surface area contributed by atoms with Crippen molar-refractivity contribution in [3.63, 3.8) is 0 Å². The SMILES string of the molecule is Cc1nc(-c2ccc(NCCCc3nn(-c4ccccc4)c(N)c3C#N)nc2)[nH]c(=O)c1C. The Labute approximate surface area is 191 Å². The van der Waals surface area contributed by atoms with Crippen LogP contribution in [0.1, 0.15) is 28.9 Å². The minimum absolute atomic E-state index is 0.146. The first-order valence-electron chi connectivity index (χ1n) is 10.6. The van der Waals surface area contributed by atoms with Gasteiger partial charge in [-0.05, 0) is 51.0 Å². The third-order valence-corrected chi connectivity index (χ3v) is 5.43. The summed E-state index contributed by atoms with van der Waals surface area (Å²) in [7, 11) is 0. The molecule has 0 bridgehead atoms. The van der Waals surface area contributed by atoms with Crippen molar-refractivity contribution in [1.82, 2.24) is 24.7 Å². The first-order chi connectivity index (χ1) is 16.0. The fourth-order valence-electron chi connectivity index (χ4n) is 3.43. The second kappa shape index (κ2) is 9.36. The molecule has 0 radical (unpaired) electrons. The second-order valence-corrected chi connectivity index (χ2v) is 7.65. The van der Waals surface area contributed by atoms with Crippen LogP contribution in [-0.4, -0.2) is 31.3 Å². The number of nitrogen functional groups attached to an aromatic ring is 1. The van der Waals surface area contributed by atoms with Crippen molar-refractivity contribution < 1.29 is 0 Å². The lowest BCUT2D eigenvalue weighted by Gasteiger charge is -2.07. The summed E-state index contributed by atoms with van der Waals surface area (Å²) in [5.74, 6) is 1.56. The molecule has 0 atom stereocenters. The van der Waals surface area contributed by atoms with Crippen LogP contribution in [0.4, 0.5) is 11.6 Å². The number of aromatic amines is 1. The van der Waals surface area contributed by atoms with Crippen molar-refractivity contribution >= 4 is 11.6 Å². The van der Waals surface area contributed by atoms with Gasteiger partial charge in [-0.15, -0.1) is 0 Å². The lowest BCUT2D eigenvalue weighted by molar-refractivity contribution is 0.789. The van der Waals surface area contributed by atoms with Gasteiger partial charge in [0.05, 0.1) is 11.4 Å². The summed E-state index contributed by atoms with van der Waals surface area (Å²) in [5.41, 5.74) is 9.96. The maximum Gasteiger partial charge on any atom is 0.254 e. The number of aryl methyl sites for hydroxylation is 2. The van der Waals surface area contributed by atoms with Crippen LogP contribution in [0.2, 0.25) is 0 Å². The molecule has 33 heavy (non-hydrogen) atoms. The molecule has 4 rings (SSSR count). The number of H-pyrrole nitrogens is 1. The number of rotatable bonds is 7. The van der Waals surface area contributed by atoms with Gasteiger partial charge in [-0.3, -0.25) is 4.79 Å². The van der Waals surface area contributed by atoms with Crippen molar-refractivity contribution in [1.29, 1.82) is 5.26 Å². The van der Waals surface area contributed by atoms with E-state index in [-0.39, 0.29) is 5.56 Å². The lowest BCUT2D eigenvalue weighted by atomic mass is 10.1. The Morgan fingerprint density at radius 2 is 1.97 bits per heavy atom. The fraction of sp³-hybridized carbons (Fsp3) is 0.208. The zero-order chi connectivity index (χ0) is 23.4. The summed E-state index contributed by atoms with van der Waals surface area (Å²) in [6, 6.07) is 15.4. The van der Waals surface area contributed by atoms with Gasteiger partial charge >= 0.3 is 0 Å². The van der Waals surface area contributed by atoms with Gasteiger partial charge in [-0.2, -0.15) is 10.4 Å². The van der Waals surface area contributed by atoms with Gasteiger partial charge in [-0.1, -0.05) is 18.2 Å². The van der Waals surface area contributed by atoms with E-state index >= 15 is 0 Å². The molecule has 9 nitrogen and oxygen atoms in total. The maximum atomic E-state index is 12.0. The van der Waals surface area contributed by atoms with Gasteiger partial charge in [-0.25, -0.2) is 14.6 Å². The summed E-state index contributed by atoms with van der Waals surface area (Å²) >= 11 is 0. The zero-order valence-electron chi connectivity index (χ0n) is 18.5. The number of nitriles is 1. The Hall–Kier alpha value is -4.45. The van der Waals surface area contributed by atoms with Crippen LogP contribution in [0, 0.1) is 25.2 Å². The molecule has 3 aromatic heterocycles. The van der Waals surface area contributed by atoms with Crippen LogP contribution in [0.25, 0.3) is 17.1 Å². The van der Waals surface area contributed by atoms with E-state index in [2.05, 4.69) is 31.4 Å². The third kappa shape index (κ3) is 4.60. The predicted molar refractivity (Wildman–Crippen MR) is 127 cm³/mol. The lowest BCUT2D eigenvalue weighted by Crippen LogP contribution is -2.14. The smallest absolute Gasteiger partial charge is 0.254 e. The van der Waals surface area contributed by atoms with E-state index in [1.54, 1.807) is 17.8 Å². The molecule has 1 aromatic carbocycles. The first kappa shape index (κ1) is 21.8. The Bertz CT molecular complexity index is 1360. The normalized spacial score (nSPS) is 10.7. The molecule has 9 heteroatoms. The van der Waals surface area contributed by atoms with Gasteiger partial charge in [0, 0.05) is 29.6 Å². The molecule has 0 aliphatic heterocycles. The van der Waals surface area contributed by atoms with E-state index in [0.29, 0.717) is 52.9 Å². The highest BCUT2D eigenvalue weighted by atomic mass is 16.1. The number of nitrogens with one attached hydrogen (secondary N) is 2. The van der Waals surface area contributed by atoms with Crippen molar-refractivity contribution in [2.24, 2.45) is 0 Å². The predicted octanol–water partition coefficient (Wildman–Crippen LogP) is 3.13. The molecule has 0 saturated carbocycles. The van der Waals surface area contributed by atoms with Crippen LogP contribution in [-0.2, 0) is 6.42 Å². The summed E-state index contributed by atoms with van der Waals surface area (Å²) < 4.78 is 1.60. The number of hydrogen-bond acceptors (Lipinski definition) is 7. The molecule has 4 N–H and O–H groups in total. The number of para-hydroxylation sites is 1. The Kier molecular flexibility index (Phi) is 6.17. The minimum Gasteiger partial charge on any atom is -0.382 e. The van der Waals surface area contributed by atoms with Crippen LogP contribution in [0.5, 0.6) is 0 Å². The van der Waals surface area contributed by atoms with E-state index in [0.717, 1.165) is 17.7 Å². The molecular formula is C24H24N8O. The van der Waals surface area contributed by atoms with Crippen LogP contribution in [0.15, 0.2) is 53.5 Å². The highest BCUT2D eigenvalue weighted by molar-refractivity contribution is 5.57. The average molecular weight is 441 g/mol. The standard InChI is InChI=1S/C24H24N8O/c1-15-16(2)29-23(30-24(15)33)17-10-11-21(28-14-17)27-12-6-9-20-19(13-25)22(26)32(31-20)18-7-4-3-5-8-18/h3-5,7-8,10-11,14H,6,9,12,26H2,1-2H3,(H,27,28)(H,29,30,33). The van der Waals surface area contributed by atoms with Crippen molar-refractivity contribution in [3.05, 3.63) is 81.5 Å². The zero-order valence-corrected chi connectivity index (χ0v) is 18.5. The van der Waals surface area contributed by atoms with Gasteiger partial charge in [0.1, 0.15) is 29.1 Å². The molecule has 0 spiro atoms. The molecule has 0 fully saturated rings. The summed E-state index contributed by atoms with van der Waals surface area (Å²) in [4.78, 5) is 23.6. The average Bonchev–Trinajstić information content (AvgIpc) is 3.16. The molecule has 166 valence electrons. The number of hydrogen-bond donors (Lipinski definition) is 3. The number of benzene rings is 1. The number of pyridine rings is 1. The van der Waals surface area contributed by atoms with Crippen LogP contribution < -0.4 is 16.6 Å². The van der Waals surface area contributed by atoms with Crippen molar-refractivity contribution in [2.45, 2.75) is 26.7 Å². The van der Waals surface area contributed by atoms with Crippen molar-refractivity contribution in [3.8, 4) is 23.1 Å². The fourth-order valence-corrected chi connectivity index (χ4v) is 3.43. The highest BCUT2D eigenvalue weighted by Gasteiger charge is 2.16. The monoisotopic (exact) mass is 440 g/mol. The summed E-state index contributed by atoms with van der Waals surface area (Å²) in [6.45, 7) is 4.20. The number of aromatic nitrogens is 5. The summed E-state index contributed by atoms with van der Waals surface area (Å²) in [6.07, 6.45) is 3.02. The molecule has 0 saturated heterocycles. The Morgan fingerprint density at radius 1 is 1.18 bits per heavy atom. The molecule has 4 aromatic rings. The van der Waals surface area contributed by atoms with E-state index in [9.17, 15) is 10.1 Å². The quantitative estimate of drug-likeness (QED) is 0.375. The maximum absolute atomic E-state index is 12.0. The Balaban J connectivity index is 1.38. The third-order valence-electron chi connectivity index (χ3n) is 5.43. The van der Waals surface area contributed by atoms with E-state index in [1.165, 1.54) is 0 Å². The van der Waals surface area contributed by atoms with Crippen LogP contribution in [0.3, 0.4) is 0 Å². The summed E-state index contributed by atoms with van der Waals surface area (Å²) in [5, 5.41) is 17.3. The van der Waals surface area contributed by atoms with Gasteiger partial charge in [0.2, 0.25) is 0 Å². The van der Waals surface area contributed by atoms with E-state index < -0.39 is 0 Å². The molecular weight excluding hydrogens is 416 g/mol. The highest BCUT2D eigenvalue weighted by Crippen LogP contribution is 2.21. The number of nitrogens with zero attached hydrogens (tertiary/aromatic N) is 5. The minimum atomic E-state index is -0.146. The molecule has 0 amide bonds. The first-order valence-corrected chi connectivity index (χ1v) is 10.6.